The summed E-state index contributed by atoms with van der Waals surface area (Å²) in [6, 6.07) is 15.9. The summed E-state index contributed by atoms with van der Waals surface area (Å²) in [7, 11) is 1.71. The molecule has 1 aliphatic carbocycles. The van der Waals surface area contributed by atoms with Gasteiger partial charge in [0.2, 0.25) is 11.8 Å². The molecule has 1 unspecified atom stereocenters. The van der Waals surface area contributed by atoms with Crippen LogP contribution < -0.4 is 5.32 Å². The van der Waals surface area contributed by atoms with Crippen LogP contribution in [0.4, 0.5) is 5.69 Å². The summed E-state index contributed by atoms with van der Waals surface area (Å²) in [5.74, 6) is -0.275. The second-order valence-corrected chi connectivity index (χ2v) is 6.90. The number of carbonyl (C=O) groups excluding carboxylic acids is 2. The first-order chi connectivity index (χ1) is 12.6. The Bertz CT molecular complexity index is 800. The number of nitrogens with one attached hydrogen (secondary N) is 1. The topological polar surface area (TPSA) is 49.4 Å². The standard InChI is InChI=1S/C22H26N2O2/c1-3-16-9-5-7-14-20(16)23-21(25)15-24(2)22(26)19-13-8-11-17-10-4-6-12-18(17)19/h4-7,9-10,12,14,19H,3,8,11,13,15H2,1-2H3,(H,23,25). The molecule has 2 amide bonds. The number of anilines is 1. The molecule has 0 aliphatic heterocycles. The van der Waals surface area contributed by atoms with Crippen LogP contribution in [0.5, 0.6) is 0 Å². The van der Waals surface area contributed by atoms with Crippen LogP contribution >= 0.6 is 0 Å². The predicted octanol–water partition coefficient (Wildman–Crippen LogP) is 3.77. The third kappa shape index (κ3) is 3.96. The highest BCUT2D eigenvalue weighted by molar-refractivity contribution is 5.96. The van der Waals surface area contributed by atoms with Gasteiger partial charge in [0.25, 0.3) is 0 Å². The van der Waals surface area contributed by atoms with E-state index in [1.54, 1.807) is 11.9 Å². The van der Waals surface area contributed by atoms with Gasteiger partial charge in [-0.25, -0.2) is 0 Å². The number of fused-ring (bicyclic) bond motifs is 1. The first kappa shape index (κ1) is 18.2. The lowest BCUT2D eigenvalue weighted by Gasteiger charge is -2.28. The number of rotatable bonds is 5. The number of likely N-dealkylation sites (N-methyl/N-ethyl adjacent to an activating group) is 1. The molecule has 1 atom stereocenters. The number of benzene rings is 2. The molecule has 3 rings (SSSR count). The van der Waals surface area contributed by atoms with Gasteiger partial charge in [-0.2, -0.15) is 0 Å². The highest BCUT2D eigenvalue weighted by Crippen LogP contribution is 2.32. The molecule has 26 heavy (non-hydrogen) atoms. The first-order valence-electron chi connectivity index (χ1n) is 9.30. The largest absolute Gasteiger partial charge is 0.336 e. The van der Waals surface area contributed by atoms with Crippen molar-refractivity contribution < 1.29 is 9.59 Å². The molecule has 0 spiro atoms. The molecular formula is C22H26N2O2. The maximum absolute atomic E-state index is 12.9. The van der Waals surface area contributed by atoms with Gasteiger partial charge in [0, 0.05) is 12.7 Å². The molecular weight excluding hydrogens is 324 g/mol. The zero-order chi connectivity index (χ0) is 18.5. The molecule has 1 aliphatic rings. The Kier molecular flexibility index (Phi) is 5.71. The van der Waals surface area contributed by atoms with Crippen molar-refractivity contribution in [3.8, 4) is 0 Å². The number of carbonyl (C=O) groups is 2. The lowest BCUT2D eigenvalue weighted by atomic mass is 9.82. The van der Waals surface area contributed by atoms with Gasteiger partial charge >= 0.3 is 0 Å². The van der Waals surface area contributed by atoms with E-state index in [0.717, 1.165) is 42.5 Å². The van der Waals surface area contributed by atoms with Crippen LogP contribution in [0.1, 0.15) is 42.4 Å². The normalized spacial score (nSPS) is 15.8. The molecule has 0 saturated heterocycles. The number of hydrogen-bond donors (Lipinski definition) is 1. The Labute approximate surface area is 155 Å². The fraction of sp³-hybridized carbons (Fsp3) is 0.364. The fourth-order valence-electron chi connectivity index (χ4n) is 3.71. The lowest BCUT2D eigenvalue weighted by Crippen LogP contribution is -2.38. The van der Waals surface area contributed by atoms with Crippen molar-refractivity contribution in [3.05, 3.63) is 65.2 Å². The Hall–Kier alpha value is -2.62. The second kappa shape index (κ2) is 8.17. The van der Waals surface area contributed by atoms with Crippen molar-refractivity contribution in [3.63, 3.8) is 0 Å². The number of aryl methyl sites for hydroxylation is 2. The summed E-state index contributed by atoms with van der Waals surface area (Å²) >= 11 is 0. The SMILES string of the molecule is CCc1ccccc1NC(=O)CN(C)C(=O)C1CCCc2ccccc21. The maximum Gasteiger partial charge on any atom is 0.243 e. The van der Waals surface area contributed by atoms with E-state index in [1.165, 1.54) is 5.56 Å². The van der Waals surface area contributed by atoms with Crippen molar-refractivity contribution >= 4 is 17.5 Å². The average molecular weight is 350 g/mol. The van der Waals surface area contributed by atoms with Gasteiger partial charge in [0.05, 0.1) is 12.5 Å². The van der Waals surface area contributed by atoms with E-state index in [0.29, 0.717) is 0 Å². The van der Waals surface area contributed by atoms with Crippen LogP contribution in [-0.2, 0) is 22.4 Å². The molecule has 0 radical (unpaired) electrons. The third-order valence-electron chi connectivity index (χ3n) is 5.10. The summed E-state index contributed by atoms with van der Waals surface area (Å²) < 4.78 is 0. The minimum atomic E-state index is -0.161. The molecule has 0 saturated carbocycles. The summed E-state index contributed by atoms with van der Waals surface area (Å²) in [6.07, 6.45) is 3.74. The van der Waals surface area contributed by atoms with Gasteiger partial charge in [-0.15, -0.1) is 0 Å². The monoisotopic (exact) mass is 350 g/mol. The summed E-state index contributed by atoms with van der Waals surface area (Å²) in [4.78, 5) is 26.9. The van der Waals surface area contributed by atoms with Crippen molar-refractivity contribution in [2.45, 2.75) is 38.5 Å². The van der Waals surface area contributed by atoms with Gasteiger partial charge < -0.3 is 10.2 Å². The summed E-state index contributed by atoms with van der Waals surface area (Å²) in [5.41, 5.74) is 4.29. The quantitative estimate of drug-likeness (QED) is 0.892. The first-order valence-corrected chi connectivity index (χ1v) is 9.30. The van der Waals surface area contributed by atoms with Crippen molar-refractivity contribution in [2.24, 2.45) is 0 Å². The lowest BCUT2D eigenvalue weighted by molar-refractivity contribution is -0.134. The van der Waals surface area contributed by atoms with Crippen molar-refractivity contribution in [1.82, 2.24) is 4.90 Å². The van der Waals surface area contributed by atoms with Crippen LogP contribution in [0.25, 0.3) is 0 Å². The Morgan fingerprint density at radius 1 is 1.12 bits per heavy atom. The molecule has 0 bridgehead atoms. The van der Waals surface area contributed by atoms with E-state index in [1.807, 2.05) is 42.5 Å². The number of hydrogen-bond acceptors (Lipinski definition) is 2. The van der Waals surface area contributed by atoms with Crippen LogP contribution in [0.3, 0.4) is 0 Å². The minimum absolute atomic E-state index is 0.0241. The Balaban J connectivity index is 1.65. The van der Waals surface area contributed by atoms with Gasteiger partial charge in [0.1, 0.15) is 0 Å². The van der Waals surface area contributed by atoms with E-state index in [9.17, 15) is 9.59 Å². The Morgan fingerprint density at radius 3 is 2.65 bits per heavy atom. The smallest absolute Gasteiger partial charge is 0.243 e. The van der Waals surface area contributed by atoms with Crippen molar-refractivity contribution in [1.29, 1.82) is 0 Å². The molecule has 4 heteroatoms. The fourth-order valence-corrected chi connectivity index (χ4v) is 3.71. The Morgan fingerprint density at radius 2 is 1.85 bits per heavy atom. The molecule has 2 aromatic rings. The molecule has 1 N–H and O–H groups in total. The molecule has 0 heterocycles. The van der Waals surface area contributed by atoms with Crippen LogP contribution in [0, 0.1) is 0 Å². The molecule has 0 fully saturated rings. The van der Waals surface area contributed by atoms with Gasteiger partial charge in [-0.1, -0.05) is 49.4 Å². The highest BCUT2D eigenvalue weighted by atomic mass is 16.2. The van der Waals surface area contributed by atoms with Gasteiger partial charge in [0.15, 0.2) is 0 Å². The molecule has 136 valence electrons. The van der Waals surface area contributed by atoms with Gasteiger partial charge in [-0.05, 0) is 48.4 Å². The molecule has 0 aromatic heterocycles. The van der Waals surface area contributed by atoms with Crippen LogP contribution in [0.15, 0.2) is 48.5 Å². The zero-order valence-electron chi connectivity index (χ0n) is 15.5. The van der Waals surface area contributed by atoms with E-state index in [4.69, 9.17) is 0 Å². The second-order valence-electron chi connectivity index (χ2n) is 6.90. The van der Waals surface area contributed by atoms with E-state index in [2.05, 4.69) is 18.3 Å². The average Bonchev–Trinajstić information content (AvgIpc) is 2.67. The number of para-hydroxylation sites is 1. The number of amides is 2. The molecule has 2 aromatic carbocycles. The minimum Gasteiger partial charge on any atom is -0.336 e. The number of nitrogens with zero attached hydrogens (tertiary/aromatic N) is 1. The third-order valence-corrected chi connectivity index (χ3v) is 5.10. The highest BCUT2D eigenvalue weighted by Gasteiger charge is 2.29. The zero-order valence-corrected chi connectivity index (χ0v) is 15.5. The van der Waals surface area contributed by atoms with Crippen LogP contribution in [-0.4, -0.2) is 30.3 Å². The van der Waals surface area contributed by atoms with Crippen molar-refractivity contribution in [2.75, 3.05) is 18.9 Å². The van der Waals surface area contributed by atoms with Gasteiger partial charge in [-0.3, -0.25) is 9.59 Å². The predicted molar refractivity (Wildman–Crippen MR) is 104 cm³/mol. The maximum atomic E-state index is 12.9. The van der Waals surface area contributed by atoms with E-state index in [-0.39, 0.29) is 24.3 Å². The van der Waals surface area contributed by atoms with E-state index >= 15 is 0 Å². The summed E-state index contributed by atoms with van der Waals surface area (Å²) in [5, 5.41) is 2.94. The summed E-state index contributed by atoms with van der Waals surface area (Å²) in [6.45, 7) is 2.12. The van der Waals surface area contributed by atoms with E-state index < -0.39 is 0 Å². The molecule has 4 nitrogen and oxygen atoms in total. The van der Waals surface area contributed by atoms with Crippen LogP contribution in [0.2, 0.25) is 0 Å².